The van der Waals surface area contributed by atoms with E-state index in [4.69, 9.17) is 0 Å². The number of hydrogen-bond donors (Lipinski definition) is 1. The summed E-state index contributed by atoms with van der Waals surface area (Å²) in [5.41, 5.74) is 0.451. The monoisotopic (exact) mass is 318 g/mol. The van der Waals surface area contributed by atoms with Crippen molar-refractivity contribution in [3.63, 3.8) is 0 Å². The number of aliphatic hydroxyl groups is 1. The van der Waals surface area contributed by atoms with Crippen LogP contribution in [-0.2, 0) is 4.79 Å². The lowest BCUT2D eigenvalue weighted by atomic mass is 9.46. The molecule has 2 nitrogen and oxygen atoms in total. The molecule has 0 amide bonds. The van der Waals surface area contributed by atoms with E-state index in [1.165, 1.54) is 6.42 Å². The van der Waals surface area contributed by atoms with Crippen LogP contribution in [-0.4, -0.2) is 16.5 Å². The molecule has 2 heteroatoms. The van der Waals surface area contributed by atoms with Crippen molar-refractivity contribution in [2.24, 2.45) is 22.7 Å². The van der Waals surface area contributed by atoms with Gasteiger partial charge < -0.3 is 5.11 Å². The van der Waals surface area contributed by atoms with Crippen molar-refractivity contribution < 1.29 is 9.90 Å². The molecule has 1 N–H and O–H groups in total. The highest BCUT2D eigenvalue weighted by atomic mass is 16.3. The topological polar surface area (TPSA) is 37.3 Å². The van der Waals surface area contributed by atoms with Crippen LogP contribution in [0, 0.1) is 22.7 Å². The van der Waals surface area contributed by atoms with Gasteiger partial charge in [0, 0.05) is 12.3 Å². The molecule has 0 aromatic carbocycles. The number of allylic oxidation sites excluding steroid dienone is 1. The summed E-state index contributed by atoms with van der Waals surface area (Å²) in [4.78, 5) is 12.8. The zero-order valence-electron chi connectivity index (χ0n) is 15.5. The second kappa shape index (κ2) is 6.20. The van der Waals surface area contributed by atoms with E-state index < -0.39 is 5.60 Å². The minimum Gasteiger partial charge on any atom is -0.386 e. The molecule has 0 aromatic heterocycles. The Kier molecular flexibility index (Phi) is 4.97. The van der Waals surface area contributed by atoms with Gasteiger partial charge in [-0.3, -0.25) is 4.79 Å². The molecule has 2 rings (SSSR count). The molecule has 2 fully saturated rings. The van der Waals surface area contributed by atoms with Gasteiger partial charge in [0.1, 0.15) is 5.78 Å². The Morgan fingerprint density at radius 1 is 1.35 bits per heavy atom. The first kappa shape index (κ1) is 18.4. The highest BCUT2D eigenvalue weighted by Crippen LogP contribution is 2.60. The summed E-state index contributed by atoms with van der Waals surface area (Å²) in [7, 11) is 0. The molecule has 2 aliphatic rings. The summed E-state index contributed by atoms with van der Waals surface area (Å²) in [5.74, 6) is 0.945. The summed E-state index contributed by atoms with van der Waals surface area (Å²) < 4.78 is 0. The zero-order chi connectivity index (χ0) is 17.5. The van der Waals surface area contributed by atoms with E-state index in [2.05, 4.69) is 33.9 Å². The van der Waals surface area contributed by atoms with E-state index in [1.54, 1.807) is 6.08 Å². The van der Waals surface area contributed by atoms with E-state index in [0.29, 0.717) is 18.1 Å². The van der Waals surface area contributed by atoms with Crippen LogP contribution in [0.3, 0.4) is 0 Å². The summed E-state index contributed by atoms with van der Waals surface area (Å²) in [5, 5.41) is 10.1. The number of rotatable bonds is 5. The van der Waals surface area contributed by atoms with Crippen LogP contribution in [0.1, 0.15) is 72.6 Å². The molecule has 4 atom stereocenters. The lowest BCUT2D eigenvalue weighted by Crippen LogP contribution is -2.53. The number of carbonyl (C=O) groups excluding carboxylic acids is 1. The smallest absolute Gasteiger partial charge is 0.141 e. The van der Waals surface area contributed by atoms with E-state index in [0.717, 1.165) is 37.7 Å². The van der Waals surface area contributed by atoms with E-state index >= 15 is 0 Å². The van der Waals surface area contributed by atoms with Crippen molar-refractivity contribution in [1.82, 2.24) is 0 Å². The molecule has 2 unspecified atom stereocenters. The highest BCUT2D eigenvalue weighted by molar-refractivity contribution is 5.86. The quantitative estimate of drug-likeness (QED) is 0.718. The van der Waals surface area contributed by atoms with Crippen molar-refractivity contribution in [1.29, 1.82) is 0 Å². The van der Waals surface area contributed by atoms with Gasteiger partial charge in [-0.15, -0.1) is 6.58 Å². The molecule has 0 saturated heterocycles. The van der Waals surface area contributed by atoms with Crippen LogP contribution >= 0.6 is 0 Å². The predicted octanol–water partition coefficient (Wildman–Crippen LogP) is 5.07. The Morgan fingerprint density at radius 3 is 2.61 bits per heavy atom. The van der Waals surface area contributed by atoms with Crippen molar-refractivity contribution in [3.8, 4) is 0 Å². The maximum absolute atomic E-state index is 12.8. The fourth-order valence-corrected chi connectivity index (χ4v) is 5.50. The molecule has 0 aliphatic heterocycles. The van der Waals surface area contributed by atoms with Crippen LogP contribution in [0.2, 0.25) is 0 Å². The standard InChI is InChI=1S/C21H34O2/c1-7-20(5,23)12-8-10-16-15(2)14-17(22)18-19(3,4)11-9-13-21(16,18)6/h7,16,18,23H,1-2,8-14H2,3-6H3/t16?,18?,20-,21+/m0/s1. The van der Waals surface area contributed by atoms with E-state index in [1.807, 2.05) is 6.92 Å². The lowest BCUT2D eigenvalue weighted by molar-refractivity contribution is -0.143. The Labute approximate surface area is 142 Å². The Morgan fingerprint density at radius 2 is 2.00 bits per heavy atom. The normalized spacial score (nSPS) is 36.2. The summed E-state index contributed by atoms with van der Waals surface area (Å²) in [6, 6.07) is 0. The predicted molar refractivity (Wildman–Crippen MR) is 96.2 cm³/mol. The van der Waals surface area contributed by atoms with Gasteiger partial charge in [-0.2, -0.15) is 0 Å². The van der Waals surface area contributed by atoms with Gasteiger partial charge in [0.25, 0.3) is 0 Å². The third-order valence-electron chi connectivity index (χ3n) is 6.61. The average Bonchev–Trinajstić information content (AvgIpc) is 2.40. The summed E-state index contributed by atoms with van der Waals surface area (Å²) in [6.45, 7) is 16.6. The minimum absolute atomic E-state index is 0.0359. The molecule has 130 valence electrons. The Balaban J connectivity index is 2.19. The van der Waals surface area contributed by atoms with Crippen molar-refractivity contribution in [3.05, 3.63) is 24.8 Å². The first-order valence-corrected chi connectivity index (χ1v) is 9.10. The SMILES string of the molecule is C=C[C@](C)(O)CCCC1C(=C)CC(=O)C2C(C)(C)CCC[C@]12C. The fraction of sp³-hybridized carbons (Fsp3) is 0.762. The number of ketones is 1. The van der Waals surface area contributed by atoms with E-state index in [-0.39, 0.29) is 16.7 Å². The van der Waals surface area contributed by atoms with Gasteiger partial charge in [-0.05, 0) is 55.8 Å². The molecule has 2 saturated carbocycles. The highest BCUT2D eigenvalue weighted by Gasteiger charge is 2.56. The lowest BCUT2D eigenvalue weighted by Gasteiger charge is -2.57. The van der Waals surface area contributed by atoms with E-state index in [9.17, 15) is 9.90 Å². The average molecular weight is 319 g/mol. The largest absolute Gasteiger partial charge is 0.386 e. The van der Waals surface area contributed by atoms with Crippen molar-refractivity contribution in [2.75, 3.05) is 0 Å². The van der Waals surface area contributed by atoms with Gasteiger partial charge in [0.15, 0.2) is 0 Å². The number of Topliss-reactive ketones (excluding diaryl/α,β-unsaturated/α-hetero) is 1. The number of hydrogen-bond acceptors (Lipinski definition) is 2. The molecule has 0 radical (unpaired) electrons. The molecule has 0 spiro atoms. The first-order chi connectivity index (χ1) is 10.5. The first-order valence-electron chi connectivity index (χ1n) is 9.10. The van der Waals surface area contributed by atoms with Crippen LogP contribution < -0.4 is 0 Å². The van der Waals surface area contributed by atoms with Gasteiger partial charge in [0.2, 0.25) is 0 Å². The van der Waals surface area contributed by atoms with Crippen molar-refractivity contribution >= 4 is 5.78 Å². The van der Waals surface area contributed by atoms with Crippen molar-refractivity contribution in [2.45, 2.75) is 78.2 Å². The molecule has 0 bridgehead atoms. The van der Waals surface area contributed by atoms with Gasteiger partial charge in [0.05, 0.1) is 5.60 Å². The molecular weight excluding hydrogens is 284 g/mol. The fourth-order valence-electron chi connectivity index (χ4n) is 5.50. The van der Waals surface area contributed by atoms with Crippen LogP contribution in [0.5, 0.6) is 0 Å². The summed E-state index contributed by atoms with van der Waals surface area (Å²) >= 11 is 0. The molecule has 23 heavy (non-hydrogen) atoms. The van der Waals surface area contributed by atoms with Gasteiger partial charge in [-0.1, -0.05) is 45.4 Å². The molecular formula is C21H34O2. The minimum atomic E-state index is -0.794. The maximum atomic E-state index is 12.8. The summed E-state index contributed by atoms with van der Waals surface area (Å²) in [6.07, 6.45) is 8.31. The Hall–Kier alpha value is -0.890. The third kappa shape index (κ3) is 3.47. The molecule has 2 aliphatic carbocycles. The Bertz CT molecular complexity index is 500. The maximum Gasteiger partial charge on any atom is 0.141 e. The second-order valence-electron chi connectivity index (χ2n) is 9.09. The van der Waals surface area contributed by atoms with Crippen LogP contribution in [0.4, 0.5) is 0 Å². The van der Waals surface area contributed by atoms with Gasteiger partial charge >= 0.3 is 0 Å². The zero-order valence-corrected chi connectivity index (χ0v) is 15.5. The van der Waals surface area contributed by atoms with Crippen LogP contribution in [0.25, 0.3) is 0 Å². The second-order valence-corrected chi connectivity index (χ2v) is 9.09. The third-order valence-corrected chi connectivity index (χ3v) is 6.61. The molecule has 0 heterocycles. The van der Waals surface area contributed by atoms with Crippen LogP contribution in [0.15, 0.2) is 24.8 Å². The number of carbonyl (C=O) groups is 1. The van der Waals surface area contributed by atoms with Gasteiger partial charge in [-0.25, -0.2) is 0 Å². The number of fused-ring (bicyclic) bond motifs is 1. The molecule has 0 aromatic rings.